The lowest BCUT2D eigenvalue weighted by Gasteiger charge is -2.10. The molecular weight excluding hydrogens is 366 g/mol. The first kappa shape index (κ1) is 18.6. The van der Waals surface area contributed by atoms with Crippen LogP contribution in [0.2, 0.25) is 0 Å². The molecule has 0 aliphatic rings. The number of nitrogens with zero attached hydrogens (tertiary/aromatic N) is 3. The molecule has 0 aliphatic carbocycles. The van der Waals surface area contributed by atoms with Crippen molar-refractivity contribution < 1.29 is 27.1 Å². The molecule has 27 heavy (non-hydrogen) atoms. The van der Waals surface area contributed by atoms with E-state index in [4.69, 9.17) is 0 Å². The summed E-state index contributed by atoms with van der Waals surface area (Å²) in [7, 11) is 1.24. The molecule has 0 saturated heterocycles. The molecule has 3 rings (SSSR count). The maximum absolute atomic E-state index is 13.5. The van der Waals surface area contributed by atoms with Gasteiger partial charge >= 0.3 is 12.1 Å². The van der Waals surface area contributed by atoms with Crippen molar-refractivity contribution >= 4 is 5.97 Å². The summed E-state index contributed by atoms with van der Waals surface area (Å²) in [5.41, 5.74) is -0.0322. The zero-order valence-electron chi connectivity index (χ0n) is 14.0. The highest BCUT2D eigenvalue weighted by atomic mass is 19.4. The first-order valence-electron chi connectivity index (χ1n) is 7.71. The van der Waals surface area contributed by atoms with E-state index in [0.717, 1.165) is 12.1 Å². The standard InChI is InChI=1S/C18H13F4N3O2/c1-27-17(26)13-9-24-25(10-13)16-7-11(2-3-23-16)4-12-5-14(18(20,21)22)8-15(19)6-12/h2-3,5-10H,4H2,1H3. The Hall–Kier alpha value is -3.23. The second-order valence-corrected chi connectivity index (χ2v) is 5.71. The molecule has 0 atom stereocenters. The van der Waals surface area contributed by atoms with E-state index in [-0.39, 0.29) is 17.5 Å². The number of pyridine rings is 1. The molecule has 0 bridgehead atoms. The fourth-order valence-electron chi connectivity index (χ4n) is 2.52. The van der Waals surface area contributed by atoms with Gasteiger partial charge in [-0.3, -0.25) is 0 Å². The molecular formula is C18H13F4N3O2. The van der Waals surface area contributed by atoms with Gasteiger partial charge in [-0.1, -0.05) is 0 Å². The van der Waals surface area contributed by atoms with E-state index in [0.29, 0.717) is 17.4 Å². The molecule has 0 amide bonds. The number of halogens is 4. The molecule has 140 valence electrons. The van der Waals surface area contributed by atoms with Gasteiger partial charge in [0.05, 0.1) is 24.4 Å². The SMILES string of the molecule is COC(=O)c1cnn(-c2cc(Cc3cc(F)cc(C(F)(F)F)c3)ccn2)c1. The molecule has 1 aromatic carbocycles. The number of carbonyl (C=O) groups is 1. The average molecular weight is 379 g/mol. The fourth-order valence-corrected chi connectivity index (χ4v) is 2.52. The van der Waals surface area contributed by atoms with Gasteiger partial charge in [0.1, 0.15) is 5.82 Å². The number of ether oxygens (including phenoxy) is 1. The van der Waals surface area contributed by atoms with Crippen molar-refractivity contribution in [3.05, 3.63) is 77.0 Å². The third-order valence-electron chi connectivity index (χ3n) is 3.74. The molecule has 0 radical (unpaired) electrons. The lowest BCUT2D eigenvalue weighted by Crippen LogP contribution is -2.07. The van der Waals surface area contributed by atoms with E-state index in [1.165, 1.54) is 30.4 Å². The Labute approximate surface area is 151 Å². The van der Waals surface area contributed by atoms with Crippen molar-refractivity contribution in [2.24, 2.45) is 0 Å². The lowest BCUT2D eigenvalue weighted by molar-refractivity contribution is -0.137. The van der Waals surface area contributed by atoms with Crippen LogP contribution in [0.4, 0.5) is 17.6 Å². The van der Waals surface area contributed by atoms with Crippen LogP contribution in [-0.4, -0.2) is 27.8 Å². The summed E-state index contributed by atoms with van der Waals surface area (Å²) in [5, 5.41) is 4.01. The van der Waals surface area contributed by atoms with E-state index in [1.54, 1.807) is 12.1 Å². The molecule has 0 N–H and O–H groups in total. The molecule has 9 heteroatoms. The number of methoxy groups -OCH3 is 1. The summed E-state index contributed by atoms with van der Waals surface area (Å²) >= 11 is 0. The quantitative estimate of drug-likeness (QED) is 0.511. The Bertz CT molecular complexity index is 983. The maximum atomic E-state index is 13.5. The minimum Gasteiger partial charge on any atom is -0.465 e. The number of esters is 1. The number of aromatic nitrogens is 3. The number of alkyl halides is 3. The second kappa shape index (κ2) is 7.18. The highest BCUT2D eigenvalue weighted by Crippen LogP contribution is 2.31. The normalized spacial score (nSPS) is 11.4. The van der Waals surface area contributed by atoms with Crippen molar-refractivity contribution in [2.45, 2.75) is 12.6 Å². The van der Waals surface area contributed by atoms with Gasteiger partial charge in [-0.15, -0.1) is 0 Å². The number of hydrogen-bond acceptors (Lipinski definition) is 4. The fraction of sp³-hybridized carbons (Fsp3) is 0.167. The highest BCUT2D eigenvalue weighted by Gasteiger charge is 2.31. The molecule has 2 heterocycles. The van der Waals surface area contributed by atoms with E-state index in [9.17, 15) is 22.4 Å². The first-order valence-corrected chi connectivity index (χ1v) is 7.71. The van der Waals surface area contributed by atoms with Crippen molar-refractivity contribution in [3.63, 3.8) is 0 Å². The molecule has 0 saturated carbocycles. The van der Waals surface area contributed by atoms with E-state index >= 15 is 0 Å². The van der Waals surface area contributed by atoms with Gasteiger partial charge in [-0.25, -0.2) is 18.9 Å². The Morgan fingerprint density at radius 2 is 1.96 bits per heavy atom. The van der Waals surface area contributed by atoms with Crippen LogP contribution in [0, 0.1) is 5.82 Å². The Morgan fingerprint density at radius 1 is 1.19 bits per heavy atom. The molecule has 0 spiro atoms. The largest absolute Gasteiger partial charge is 0.465 e. The predicted octanol–water partition coefficient (Wildman–Crippen LogP) is 3.80. The summed E-state index contributed by atoms with van der Waals surface area (Å²) in [6.07, 6.45) is -0.376. The van der Waals surface area contributed by atoms with Crippen LogP contribution in [0.15, 0.2) is 48.9 Å². The van der Waals surface area contributed by atoms with Gasteiger partial charge in [-0.2, -0.15) is 18.3 Å². The highest BCUT2D eigenvalue weighted by molar-refractivity contribution is 5.88. The van der Waals surface area contributed by atoms with Crippen LogP contribution < -0.4 is 0 Å². The summed E-state index contributed by atoms with van der Waals surface area (Å²) < 4.78 is 58.0. The van der Waals surface area contributed by atoms with E-state index in [1.807, 2.05) is 0 Å². The van der Waals surface area contributed by atoms with Gasteiger partial charge in [0, 0.05) is 12.4 Å². The molecule has 0 fully saturated rings. The summed E-state index contributed by atoms with van der Waals surface area (Å²) in [5.74, 6) is -1.16. The third kappa shape index (κ3) is 4.30. The van der Waals surface area contributed by atoms with Crippen molar-refractivity contribution in [3.8, 4) is 5.82 Å². The molecule has 3 aromatic rings. The summed E-state index contributed by atoms with van der Waals surface area (Å²) in [6.45, 7) is 0. The zero-order chi connectivity index (χ0) is 19.6. The van der Waals surface area contributed by atoms with E-state index in [2.05, 4.69) is 14.8 Å². The Morgan fingerprint density at radius 3 is 2.67 bits per heavy atom. The first-order chi connectivity index (χ1) is 12.8. The van der Waals surface area contributed by atoms with Crippen LogP contribution in [-0.2, 0) is 17.3 Å². The smallest absolute Gasteiger partial charge is 0.416 e. The molecule has 2 aromatic heterocycles. The minimum atomic E-state index is -4.63. The van der Waals surface area contributed by atoms with Crippen LogP contribution in [0.25, 0.3) is 5.82 Å². The van der Waals surface area contributed by atoms with Gasteiger partial charge < -0.3 is 4.74 Å². The van der Waals surface area contributed by atoms with Crippen molar-refractivity contribution in [1.82, 2.24) is 14.8 Å². The van der Waals surface area contributed by atoms with Crippen molar-refractivity contribution in [2.75, 3.05) is 7.11 Å². The van der Waals surface area contributed by atoms with Crippen LogP contribution in [0.3, 0.4) is 0 Å². The van der Waals surface area contributed by atoms with Gasteiger partial charge in [0.15, 0.2) is 5.82 Å². The van der Waals surface area contributed by atoms with E-state index < -0.39 is 23.5 Å². The van der Waals surface area contributed by atoms with Gasteiger partial charge in [0.2, 0.25) is 0 Å². The lowest BCUT2D eigenvalue weighted by atomic mass is 10.0. The minimum absolute atomic E-state index is 0.0709. The molecule has 0 unspecified atom stereocenters. The van der Waals surface area contributed by atoms with Crippen LogP contribution in [0.5, 0.6) is 0 Å². The van der Waals surface area contributed by atoms with Crippen molar-refractivity contribution in [1.29, 1.82) is 0 Å². The zero-order valence-corrected chi connectivity index (χ0v) is 14.0. The molecule has 5 nitrogen and oxygen atoms in total. The summed E-state index contributed by atoms with van der Waals surface area (Å²) in [6, 6.07) is 5.61. The number of benzene rings is 1. The second-order valence-electron chi connectivity index (χ2n) is 5.71. The van der Waals surface area contributed by atoms with Crippen LogP contribution >= 0.6 is 0 Å². The topological polar surface area (TPSA) is 57.0 Å². The van der Waals surface area contributed by atoms with Crippen LogP contribution in [0.1, 0.15) is 27.0 Å². The van der Waals surface area contributed by atoms with Gasteiger partial charge in [-0.05, 0) is 47.9 Å². The van der Waals surface area contributed by atoms with Gasteiger partial charge in [0.25, 0.3) is 0 Å². The number of hydrogen-bond donors (Lipinski definition) is 0. The third-order valence-corrected chi connectivity index (χ3v) is 3.74. The summed E-state index contributed by atoms with van der Waals surface area (Å²) in [4.78, 5) is 15.6. The Balaban J connectivity index is 1.88. The average Bonchev–Trinajstić information content (AvgIpc) is 3.10. The monoisotopic (exact) mass is 379 g/mol. The number of rotatable bonds is 4. The maximum Gasteiger partial charge on any atom is 0.416 e. The molecule has 0 aliphatic heterocycles. The Kier molecular flexibility index (Phi) is 4.93. The number of carbonyl (C=O) groups excluding carboxylic acids is 1. The predicted molar refractivity (Wildman–Crippen MR) is 86.9 cm³/mol.